The van der Waals surface area contributed by atoms with E-state index in [1.165, 1.54) is 0 Å². The van der Waals surface area contributed by atoms with E-state index in [0.717, 1.165) is 21.1 Å². The molecule has 1 aromatic carbocycles. The Hall–Kier alpha value is -1.00. The third-order valence-electron chi connectivity index (χ3n) is 1.96. The Labute approximate surface area is 89.9 Å². The minimum Gasteiger partial charge on any atom is -0.390 e. The van der Waals surface area contributed by atoms with Crippen molar-refractivity contribution >= 4 is 27.0 Å². The van der Waals surface area contributed by atoms with Crippen LogP contribution in [0.2, 0.25) is 0 Å². The Balaban J connectivity index is 2.75. The van der Waals surface area contributed by atoms with Crippen molar-refractivity contribution in [1.29, 1.82) is 0 Å². The van der Waals surface area contributed by atoms with Gasteiger partial charge in [0, 0.05) is 4.47 Å². The molecule has 14 heavy (non-hydrogen) atoms. The number of nitrogens with zero attached hydrogens (tertiary/aromatic N) is 2. The molecular weight excluding hydrogens is 244 g/mol. The Kier molecular flexibility index (Phi) is 2.48. The van der Waals surface area contributed by atoms with Gasteiger partial charge < -0.3 is 5.11 Å². The van der Waals surface area contributed by atoms with E-state index in [-0.39, 0.29) is 6.61 Å². The highest BCUT2D eigenvalue weighted by Crippen LogP contribution is 2.22. The number of benzene rings is 1. The zero-order valence-electron chi connectivity index (χ0n) is 7.66. The van der Waals surface area contributed by atoms with Crippen LogP contribution in [0.4, 0.5) is 0 Å². The normalized spacial score (nSPS) is 10.8. The van der Waals surface area contributed by atoms with Gasteiger partial charge in [-0.25, -0.2) is 4.98 Å². The highest BCUT2D eigenvalue weighted by Gasteiger charge is 2.03. The monoisotopic (exact) mass is 252 g/mol. The van der Waals surface area contributed by atoms with Crippen molar-refractivity contribution in [3.8, 4) is 0 Å². The molecular formula is C10H9BrN2O. The summed E-state index contributed by atoms with van der Waals surface area (Å²) < 4.78 is 0.935. The number of hydrogen-bond donors (Lipinski definition) is 1. The number of aromatic nitrogens is 2. The van der Waals surface area contributed by atoms with Crippen LogP contribution in [0, 0.1) is 6.92 Å². The quantitative estimate of drug-likeness (QED) is 0.847. The number of rotatable bonds is 1. The molecule has 4 heteroatoms. The molecule has 2 aromatic rings. The van der Waals surface area contributed by atoms with Gasteiger partial charge in [0.2, 0.25) is 0 Å². The van der Waals surface area contributed by atoms with Crippen molar-refractivity contribution in [3.63, 3.8) is 0 Å². The molecule has 0 saturated carbocycles. The van der Waals surface area contributed by atoms with Crippen LogP contribution in [-0.2, 0) is 6.61 Å². The van der Waals surface area contributed by atoms with Crippen molar-refractivity contribution in [3.05, 3.63) is 34.1 Å². The van der Waals surface area contributed by atoms with Crippen LogP contribution in [0.3, 0.4) is 0 Å². The molecule has 0 spiro atoms. The van der Waals surface area contributed by atoms with Crippen LogP contribution in [0.25, 0.3) is 11.0 Å². The van der Waals surface area contributed by atoms with Crippen LogP contribution in [0.5, 0.6) is 0 Å². The largest absolute Gasteiger partial charge is 0.390 e. The number of fused-ring (bicyclic) bond motifs is 1. The van der Waals surface area contributed by atoms with E-state index in [9.17, 15) is 0 Å². The first-order chi connectivity index (χ1) is 6.70. The highest BCUT2D eigenvalue weighted by molar-refractivity contribution is 9.10. The summed E-state index contributed by atoms with van der Waals surface area (Å²) in [6.45, 7) is 1.92. The zero-order chi connectivity index (χ0) is 10.1. The van der Waals surface area contributed by atoms with Gasteiger partial charge in [0.25, 0.3) is 0 Å². The third-order valence-corrected chi connectivity index (χ3v) is 2.56. The molecule has 0 aliphatic rings. The fourth-order valence-electron chi connectivity index (χ4n) is 1.33. The number of hydrogen-bond acceptors (Lipinski definition) is 3. The topological polar surface area (TPSA) is 46.0 Å². The van der Waals surface area contributed by atoms with Gasteiger partial charge in [0.05, 0.1) is 24.0 Å². The molecule has 1 aromatic heterocycles. The van der Waals surface area contributed by atoms with E-state index in [0.29, 0.717) is 5.69 Å². The van der Waals surface area contributed by atoms with Crippen LogP contribution in [-0.4, -0.2) is 15.1 Å². The van der Waals surface area contributed by atoms with E-state index >= 15 is 0 Å². The lowest BCUT2D eigenvalue weighted by atomic mass is 10.2. The molecule has 1 N–H and O–H groups in total. The van der Waals surface area contributed by atoms with Crippen molar-refractivity contribution in [1.82, 2.24) is 9.97 Å². The molecule has 1 heterocycles. The van der Waals surface area contributed by atoms with E-state index in [1.807, 2.05) is 19.1 Å². The first kappa shape index (κ1) is 9.55. The average molecular weight is 253 g/mol. The minimum absolute atomic E-state index is 0.0749. The molecule has 3 nitrogen and oxygen atoms in total. The van der Waals surface area contributed by atoms with Crippen LogP contribution in [0.1, 0.15) is 11.3 Å². The fourth-order valence-corrected chi connectivity index (χ4v) is 1.99. The first-order valence-electron chi connectivity index (χ1n) is 4.23. The van der Waals surface area contributed by atoms with Gasteiger partial charge in [-0.05, 0) is 40.5 Å². The van der Waals surface area contributed by atoms with Gasteiger partial charge in [-0.3, -0.25) is 4.98 Å². The van der Waals surface area contributed by atoms with Crippen LogP contribution in [0.15, 0.2) is 22.8 Å². The number of halogens is 1. The van der Waals surface area contributed by atoms with Gasteiger partial charge in [-0.2, -0.15) is 0 Å². The summed E-state index contributed by atoms with van der Waals surface area (Å²) in [6.07, 6.45) is 1.59. The highest BCUT2D eigenvalue weighted by atomic mass is 79.9. The lowest BCUT2D eigenvalue weighted by Crippen LogP contribution is -1.93. The van der Waals surface area contributed by atoms with Crippen molar-refractivity contribution < 1.29 is 5.11 Å². The molecule has 72 valence electrons. The van der Waals surface area contributed by atoms with Gasteiger partial charge >= 0.3 is 0 Å². The van der Waals surface area contributed by atoms with Crippen molar-refractivity contribution in [2.45, 2.75) is 13.5 Å². The summed E-state index contributed by atoms with van der Waals surface area (Å²) in [5, 5.41) is 8.92. The molecule has 0 amide bonds. The van der Waals surface area contributed by atoms with E-state index in [4.69, 9.17) is 5.11 Å². The Morgan fingerprint density at radius 2 is 2.21 bits per heavy atom. The van der Waals surface area contributed by atoms with E-state index < -0.39 is 0 Å². The van der Waals surface area contributed by atoms with Gasteiger partial charge in [-0.1, -0.05) is 0 Å². The molecule has 0 atom stereocenters. The second-order valence-electron chi connectivity index (χ2n) is 3.13. The molecule has 0 aliphatic carbocycles. The fraction of sp³-hybridized carbons (Fsp3) is 0.200. The minimum atomic E-state index is -0.0749. The van der Waals surface area contributed by atoms with E-state index in [1.54, 1.807) is 6.20 Å². The van der Waals surface area contributed by atoms with Gasteiger partial charge in [0.1, 0.15) is 5.52 Å². The van der Waals surface area contributed by atoms with Crippen molar-refractivity contribution in [2.24, 2.45) is 0 Å². The van der Waals surface area contributed by atoms with Crippen LogP contribution < -0.4 is 0 Å². The zero-order valence-corrected chi connectivity index (χ0v) is 9.24. The second kappa shape index (κ2) is 3.63. The van der Waals surface area contributed by atoms with Crippen molar-refractivity contribution in [2.75, 3.05) is 0 Å². The summed E-state index contributed by atoms with van der Waals surface area (Å²) in [5.41, 5.74) is 3.35. The van der Waals surface area contributed by atoms with Gasteiger partial charge in [-0.15, -0.1) is 0 Å². The Bertz CT molecular complexity index is 485. The summed E-state index contributed by atoms with van der Waals surface area (Å²) in [7, 11) is 0. The average Bonchev–Trinajstić information content (AvgIpc) is 2.16. The first-order valence-corrected chi connectivity index (χ1v) is 5.02. The summed E-state index contributed by atoms with van der Waals surface area (Å²) in [4.78, 5) is 8.50. The van der Waals surface area contributed by atoms with E-state index in [2.05, 4.69) is 25.9 Å². The Morgan fingerprint density at radius 3 is 2.93 bits per heavy atom. The summed E-state index contributed by atoms with van der Waals surface area (Å²) in [6, 6.07) is 3.95. The number of aliphatic hydroxyl groups is 1. The summed E-state index contributed by atoms with van der Waals surface area (Å²) in [5.74, 6) is 0. The maximum absolute atomic E-state index is 8.92. The molecule has 0 aliphatic heterocycles. The maximum atomic E-state index is 8.92. The van der Waals surface area contributed by atoms with Gasteiger partial charge in [0.15, 0.2) is 0 Å². The molecule has 0 saturated heterocycles. The molecule has 0 fully saturated rings. The lowest BCUT2D eigenvalue weighted by molar-refractivity contribution is 0.277. The SMILES string of the molecule is Cc1cc(Br)c2ncc(CO)nc2c1. The Morgan fingerprint density at radius 1 is 1.43 bits per heavy atom. The molecule has 0 unspecified atom stereocenters. The molecule has 2 rings (SSSR count). The predicted molar refractivity (Wildman–Crippen MR) is 57.9 cm³/mol. The standard InChI is InChI=1S/C10H9BrN2O/c1-6-2-8(11)10-9(3-6)13-7(5-14)4-12-10/h2-4,14H,5H2,1H3. The smallest absolute Gasteiger partial charge is 0.103 e. The predicted octanol–water partition coefficient (Wildman–Crippen LogP) is 2.19. The number of aliphatic hydroxyl groups excluding tert-OH is 1. The number of aryl methyl sites for hydroxylation is 1. The maximum Gasteiger partial charge on any atom is 0.103 e. The third kappa shape index (κ3) is 1.63. The second-order valence-corrected chi connectivity index (χ2v) is 3.99. The summed E-state index contributed by atoms with van der Waals surface area (Å²) >= 11 is 3.43. The molecule has 0 bridgehead atoms. The molecule has 0 radical (unpaired) electrons. The van der Waals surface area contributed by atoms with Crippen LogP contribution >= 0.6 is 15.9 Å². The lowest BCUT2D eigenvalue weighted by Gasteiger charge is -2.02.